The molecule has 1 aliphatic heterocycles. The first-order chi connectivity index (χ1) is 8.83. The van der Waals surface area contributed by atoms with Gasteiger partial charge in [-0.25, -0.2) is 4.39 Å². The van der Waals surface area contributed by atoms with E-state index in [0.717, 1.165) is 36.5 Å². The zero-order valence-electron chi connectivity index (χ0n) is 10.1. The Morgan fingerprint density at radius 3 is 2.67 bits per heavy atom. The van der Waals surface area contributed by atoms with Gasteiger partial charge in [-0.3, -0.25) is 4.98 Å². The number of hydrogen-bond acceptors (Lipinski definition) is 2. The van der Waals surface area contributed by atoms with E-state index in [-0.39, 0.29) is 5.82 Å². The van der Waals surface area contributed by atoms with E-state index in [1.54, 1.807) is 12.1 Å². The van der Waals surface area contributed by atoms with Crippen LogP contribution in [0.3, 0.4) is 0 Å². The normalized spacial score (nSPS) is 19.1. The largest absolute Gasteiger partial charge is 0.316 e. The third-order valence-corrected chi connectivity index (χ3v) is 3.39. The van der Waals surface area contributed by atoms with E-state index < -0.39 is 0 Å². The minimum atomic E-state index is -0.213. The predicted molar refractivity (Wildman–Crippen MR) is 69.9 cm³/mol. The second-order valence-corrected chi connectivity index (χ2v) is 4.64. The summed E-state index contributed by atoms with van der Waals surface area (Å²) in [6.07, 6.45) is 1.14. The summed E-state index contributed by atoms with van der Waals surface area (Å²) in [6, 6.07) is 12.6. The van der Waals surface area contributed by atoms with Crippen molar-refractivity contribution in [2.24, 2.45) is 0 Å². The average Bonchev–Trinajstić information content (AvgIpc) is 2.94. The number of aromatic nitrogens is 1. The highest BCUT2D eigenvalue weighted by molar-refractivity contribution is 5.59. The highest BCUT2D eigenvalue weighted by Crippen LogP contribution is 2.24. The third kappa shape index (κ3) is 2.27. The van der Waals surface area contributed by atoms with Crippen LogP contribution in [0.5, 0.6) is 0 Å². The number of benzene rings is 1. The number of nitrogens with one attached hydrogen (secondary N) is 1. The SMILES string of the molecule is Fc1ccc(-c2cccc([C@H]3CCNC3)n2)cc1. The van der Waals surface area contributed by atoms with Crippen molar-refractivity contribution in [3.8, 4) is 11.3 Å². The standard InChI is InChI=1S/C15H15FN2/c16-13-6-4-11(5-7-13)14-2-1-3-15(18-14)12-8-9-17-10-12/h1-7,12,17H,8-10H2/t12-/m0/s1. The van der Waals surface area contributed by atoms with Crippen LogP contribution < -0.4 is 5.32 Å². The van der Waals surface area contributed by atoms with Gasteiger partial charge >= 0.3 is 0 Å². The van der Waals surface area contributed by atoms with Crippen molar-refractivity contribution in [1.29, 1.82) is 0 Å². The molecular formula is C15H15FN2. The lowest BCUT2D eigenvalue weighted by Gasteiger charge is -2.09. The summed E-state index contributed by atoms with van der Waals surface area (Å²) < 4.78 is 12.9. The summed E-state index contributed by atoms with van der Waals surface area (Å²) in [5.74, 6) is 0.292. The molecule has 3 heteroatoms. The Morgan fingerprint density at radius 2 is 1.94 bits per heavy atom. The summed E-state index contributed by atoms with van der Waals surface area (Å²) in [5.41, 5.74) is 3.01. The maximum atomic E-state index is 12.9. The van der Waals surface area contributed by atoms with Crippen LogP contribution in [0.15, 0.2) is 42.5 Å². The fourth-order valence-electron chi connectivity index (χ4n) is 2.37. The van der Waals surface area contributed by atoms with E-state index in [4.69, 9.17) is 4.98 Å². The fourth-order valence-corrected chi connectivity index (χ4v) is 2.37. The Kier molecular flexibility index (Phi) is 3.07. The minimum absolute atomic E-state index is 0.213. The summed E-state index contributed by atoms with van der Waals surface area (Å²) in [7, 11) is 0. The highest BCUT2D eigenvalue weighted by Gasteiger charge is 2.17. The predicted octanol–water partition coefficient (Wildman–Crippen LogP) is 2.96. The summed E-state index contributed by atoms with van der Waals surface area (Å²) in [4.78, 5) is 4.69. The van der Waals surface area contributed by atoms with Gasteiger partial charge in [0.2, 0.25) is 0 Å². The van der Waals surface area contributed by atoms with Crippen molar-refractivity contribution in [2.45, 2.75) is 12.3 Å². The molecule has 0 bridgehead atoms. The first-order valence-corrected chi connectivity index (χ1v) is 6.26. The molecule has 2 nitrogen and oxygen atoms in total. The number of hydrogen-bond donors (Lipinski definition) is 1. The molecule has 1 aromatic carbocycles. The van der Waals surface area contributed by atoms with Gasteiger partial charge in [-0.05, 0) is 49.4 Å². The van der Waals surface area contributed by atoms with E-state index in [1.165, 1.54) is 12.1 Å². The Morgan fingerprint density at radius 1 is 1.11 bits per heavy atom. The summed E-state index contributed by atoms with van der Waals surface area (Å²) in [6.45, 7) is 2.06. The van der Waals surface area contributed by atoms with Crippen LogP contribution in [-0.4, -0.2) is 18.1 Å². The van der Waals surface area contributed by atoms with Gasteiger partial charge in [0.25, 0.3) is 0 Å². The van der Waals surface area contributed by atoms with Crippen molar-refractivity contribution >= 4 is 0 Å². The molecule has 1 fully saturated rings. The van der Waals surface area contributed by atoms with Crippen molar-refractivity contribution in [3.63, 3.8) is 0 Å². The monoisotopic (exact) mass is 242 g/mol. The molecule has 18 heavy (non-hydrogen) atoms. The molecular weight excluding hydrogens is 227 g/mol. The van der Waals surface area contributed by atoms with Crippen LogP contribution in [-0.2, 0) is 0 Å². The van der Waals surface area contributed by atoms with Crippen LogP contribution in [0, 0.1) is 5.82 Å². The quantitative estimate of drug-likeness (QED) is 0.875. The second-order valence-electron chi connectivity index (χ2n) is 4.64. The van der Waals surface area contributed by atoms with Crippen LogP contribution in [0.2, 0.25) is 0 Å². The number of nitrogens with zero attached hydrogens (tertiary/aromatic N) is 1. The van der Waals surface area contributed by atoms with Gasteiger partial charge in [-0.2, -0.15) is 0 Å². The van der Waals surface area contributed by atoms with Gasteiger partial charge in [0.1, 0.15) is 5.82 Å². The Bertz CT molecular complexity index is 530. The smallest absolute Gasteiger partial charge is 0.123 e. The molecule has 0 amide bonds. The van der Waals surface area contributed by atoms with Crippen molar-refractivity contribution in [2.75, 3.05) is 13.1 Å². The molecule has 1 aromatic heterocycles. The van der Waals surface area contributed by atoms with Crippen LogP contribution in [0.4, 0.5) is 4.39 Å². The van der Waals surface area contributed by atoms with Crippen molar-refractivity contribution in [1.82, 2.24) is 10.3 Å². The van der Waals surface area contributed by atoms with Crippen LogP contribution >= 0.6 is 0 Å². The Hall–Kier alpha value is -1.74. The second kappa shape index (κ2) is 4.86. The molecule has 1 N–H and O–H groups in total. The van der Waals surface area contributed by atoms with Gasteiger partial charge in [0.05, 0.1) is 5.69 Å². The molecule has 0 spiro atoms. The number of halogens is 1. The van der Waals surface area contributed by atoms with Gasteiger partial charge in [0, 0.05) is 23.7 Å². The fraction of sp³-hybridized carbons (Fsp3) is 0.267. The van der Waals surface area contributed by atoms with Crippen LogP contribution in [0.25, 0.3) is 11.3 Å². The van der Waals surface area contributed by atoms with E-state index in [2.05, 4.69) is 11.4 Å². The molecule has 92 valence electrons. The van der Waals surface area contributed by atoms with Gasteiger partial charge < -0.3 is 5.32 Å². The van der Waals surface area contributed by atoms with Gasteiger partial charge in [-0.1, -0.05) is 6.07 Å². The van der Waals surface area contributed by atoms with E-state index >= 15 is 0 Å². The number of rotatable bonds is 2. The summed E-state index contributed by atoms with van der Waals surface area (Å²) in [5, 5.41) is 3.35. The lowest BCUT2D eigenvalue weighted by Crippen LogP contribution is -2.09. The highest BCUT2D eigenvalue weighted by atomic mass is 19.1. The van der Waals surface area contributed by atoms with Gasteiger partial charge in [0.15, 0.2) is 0 Å². The maximum absolute atomic E-state index is 12.9. The Labute approximate surface area is 106 Å². The summed E-state index contributed by atoms with van der Waals surface area (Å²) >= 11 is 0. The van der Waals surface area contributed by atoms with Crippen molar-refractivity contribution in [3.05, 3.63) is 54.0 Å². The molecule has 1 atom stereocenters. The van der Waals surface area contributed by atoms with E-state index in [9.17, 15) is 4.39 Å². The van der Waals surface area contributed by atoms with E-state index in [0.29, 0.717) is 5.92 Å². The zero-order chi connectivity index (χ0) is 12.4. The maximum Gasteiger partial charge on any atom is 0.123 e. The van der Waals surface area contributed by atoms with Crippen LogP contribution in [0.1, 0.15) is 18.0 Å². The average molecular weight is 242 g/mol. The molecule has 1 aliphatic rings. The lowest BCUT2D eigenvalue weighted by molar-refractivity contribution is 0.628. The van der Waals surface area contributed by atoms with E-state index in [1.807, 2.05) is 12.1 Å². The van der Waals surface area contributed by atoms with Gasteiger partial charge in [-0.15, -0.1) is 0 Å². The topological polar surface area (TPSA) is 24.9 Å². The molecule has 0 unspecified atom stereocenters. The molecule has 0 saturated carbocycles. The first kappa shape index (κ1) is 11.4. The molecule has 2 aromatic rings. The molecule has 3 rings (SSSR count). The first-order valence-electron chi connectivity index (χ1n) is 6.26. The Balaban J connectivity index is 1.92. The number of pyridine rings is 1. The third-order valence-electron chi connectivity index (χ3n) is 3.39. The molecule has 1 saturated heterocycles. The molecule has 0 radical (unpaired) electrons. The minimum Gasteiger partial charge on any atom is -0.316 e. The zero-order valence-corrected chi connectivity index (χ0v) is 10.1. The lowest BCUT2D eigenvalue weighted by atomic mass is 10.0. The molecule has 2 heterocycles. The van der Waals surface area contributed by atoms with Crippen molar-refractivity contribution < 1.29 is 4.39 Å². The molecule has 0 aliphatic carbocycles.